The van der Waals surface area contributed by atoms with Gasteiger partial charge >= 0.3 is 0 Å². The summed E-state index contributed by atoms with van der Waals surface area (Å²) in [7, 11) is 0. The van der Waals surface area contributed by atoms with Gasteiger partial charge in [0.2, 0.25) is 0 Å². The van der Waals surface area contributed by atoms with E-state index in [0.717, 1.165) is 35.5 Å². The third kappa shape index (κ3) is 14.9. The number of nitrogens with two attached hydrogens (primary N) is 2. The molecule has 4 nitrogen and oxygen atoms in total. The molecule has 0 aliphatic carbocycles. The van der Waals surface area contributed by atoms with Crippen LogP contribution in [0.1, 0.15) is 142 Å². The van der Waals surface area contributed by atoms with Crippen LogP contribution in [0, 0.1) is 0 Å². The second kappa shape index (κ2) is 22.3. The fourth-order valence-electron chi connectivity index (χ4n) is 5.31. The fourth-order valence-corrected chi connectivity index (χ4v) is 5.31. The predicted octanol–water partition coefficient (Wildman–Crippen LogP) is 11.1. The Bertz CT molecular complexity index is 825. The van der Waals surface area contributed by atoms with Crippen molar-refractivity contribution < 1.29 is 9.47 Å². The van der Waals surface area contributed by atoms with Crippen molar-refractivity contribution in [2.24, 2.45) is 0 Å². The average Bonchev–Trinajstić information content (AvgIpc) is 2.96. The highest BCUT2D eigenvalue weighted by Crippen LogP contribution is 2.39. The average molecular weight is 553 g/mol. The molecule has 0 fully saturated rings. The van der Waals surface area contributed by atoms with Gasteiger partial charge in [-0.15, -0.1) is 0 Å². The van der Waals surface area contributed by atoms with Crippen LogP contribution in [0.2, 0.25) is 0 Å². The first-order chi connectivity index (χ1) is 19.7. The molecule has 0 saturated carbocycles. The van der Waals surface area contributed by atoms with Crippen molar-refractivity contribution >= 4 is 11.4 Å². The number of anilines is 2. The quantitative estimate of drug-likeness (QED) is 0.0949. The zero-order chi connectivity index (χ0) is 28.7. The third-order valence-corrected chi connectivity index (χ3v) is 7.81. The fraction of sp³-hybridized carbons (Fsp3) is 0.667. The second-order valence-electron chi connectivity index (χ2n) is 11.6. The van der Waals surface area contributed by atoms with Crippen molar-refractivity contribution in [2.75, 3.05) is 24.7 Å². The molecule has 0 spiro atoms. The number of unbranched alkanes of at least 4 members (excludes halogenated alkanes) is 18. The monoisotopic (exact) mass is 552 g/mol. The lowest BCUT2D eigenvalue weighted by Gasteiger charge is -2.17. The summed E-state index contributed by atoms with van der Waals surface area (Å²) in [6, 6.07) is 11.8. The van der Waals surface area contributed by atoms with E-state index in [1.54, 1.807) is 0 Å². The summed E-state index contributed by atoms with van der Waals surface area (Å²) in [5.74, 6) is 1.69. The molecule has 2 rings (SSSR count). The summed E-state index contributed by atoms with van der Waals surface area (Å²) in [4.78, 5) is 0. The minimum absolute atomic E-state index is 0.712. The lowest BCUT2D eigenvalue weighted by Crippen LogP contribution is -2.03. The molecule has 0 amide bonds. The van der Waals surface area contributed by atoms with Crippen LogP contribution in [0.4, 0.5) is 11.4 Å². The number of benzene rings is 2. The summed E-state index contributed by atoms with van der Waals surface area (Å²) in [5, 5.41) is 0. The third-order valence-electron chi connectivity index (χ3n) is 7.81. The van der Waals surface area contributed by atoms with Crippen molar-refractivity contribution in [1.29, 1.82) is 0 Å². The van der Waals surface area contributed by atoms with E-state index in [9.17, 15) is 0 Å². The van der Waals surface area contributed by atoms with Crippen LogP contribution in [0.15, 0.2) is 36.4 Å². The predicted molar refractivity (Wildman–Crippen MR) is 175 cm³/mol. The van der Waals surface area contributed by atoms with E-state index in [1.165, 1.54) is 116 Å². The highest BCUT2D eigenvalue weighted by molar-refractivity contribution is 5.80. The smallest absolute Gasteiger partial charge is 0.127 e. The normalized spacial score (nSPS) is 11.2. The van der Waals surface area contributed by atoms with E-state index < -0.39 is 0 Å². The number of rotatable bonds is 25. The van der Waals surface area contributed by atoms with Crippen LogP contribution >= 0.6 is 0 Å². The Labute approximate surface area is 246 Å². The molecule has 0 saturated heterocycles. The van der Waals surface area contributed by atoms with Gasteiger partial charge in [-0.2, -0.15) is 0 Å². The molecule has 226 valence electrons. The van der Waals surface area contributed by atoms with E-state index >= 15 is 0 Å². The molecule has 0 aliphatic rings. The largest absolute Gasteiger partial charge is 0.493 e. The lowest BCUT2D eigenvalue weighted by atomic mass is 10.0. The molecule has 0 aliphatic heterocycles. The van der Waals surface area contributed by atoms with Crippen molar-refractivity contribution in [1.82, 2.24) is 0 Å². The zero-order valence-corrected chi connectivity index (χ0v) is 26.0. The van der Waals surface area contributed by atoms with E-state index in [-0.39, 0.29) is 0 Å². The number of nitrogen functional groups attached to an aromatic ring is 2. The molecule has 4 heteroatoms. The molecule has 0 heterocycles. The number of ether oxygens (including phenoxy) is 2. The Kier molecular flexibility index (Phi) is 18.9. The van der Waals surface area contributed by atoms with Crippen LogP contribution in [-0.4, -0.2) is 13.2 Å². The molecular formula is C36H60N2O2. The summed E-state index contributed by atoms with van der Waals surface area (Å²) in [5.41, 5.74) is 15.7. The summed E-state index contributed by atoms with van der Waals surface area (Å²) < 4.78 is 12.5. The first kappa shape index (κ1) is 33.8. The summed E-state index contributed by atoms with van der Waals surface area (Å²) in [6.07, 6.45) is 26.3. The van der Waals surface area contributed by atoms with Crippen molar-refractivity contribution in [3.05, 3.63) is 36.4 Å². The van der Waals surface area contributed by atoms with Gasteiger partial charge < -0.3 is 20.9 Å². The number of hydrogen-bond acceptors (Lipinski definition) is 4. The molecular weight excluding hydrogens is 492 g/mol. The van der Waals surface area contributed by atoms with E-state index in [1.807, 2.05) is 36.4 Å². The molecule has 0 unspecified atom stereocenters. The van der Waals surface area contributed by atoms with Gasteiger partial charge in [0.15, 0.2) is 0 Å². The number of hydrogen-bond donors (Lipinski definition) is 2. The Morgan fingerprint density at radius 2 is 0.725 bits per heavy atom. The standard InChI is InChI=1S/C36H60N2O2/c1-3-5-7-9-11-13-15-17-19-21-27-39-35-25-23-31(37)29-33(35)34-30-32(38)24-26-36(34)40-28-22-20-18-16-14-12-10-8-6-4-2/h23-26,29-30H,3-22,27-28,37-38H2,1-2H3. The minimum atomic E-state index is 0.712. The first-order valence-corrected chi connectivity index (χ1v) is 16.7. The zero-order valence-electron chi connectivity index (χ0n) is 26.0. The highest BCUT2D eigenvalue weighted by atomic mass is 16.5. The lowest BCUT2D eigenvalue weighted by molar-refractivity contribution is 0.301. The Morgan fingerprint density at radius 3 is 1.05 bits per heavy atom. The molecule has 0 aromatic heterocycles. The SMILES string of the molecule is CCCCCCCCCCCCOc1ccc(N)cc1-c1cc(N)ccc1OCCCCCCCCCCCC. The molecule has 2 aromatic rings. The summed E-state index contributed by atoms with van der Waals surface area (Å²) >= 11 is 0. The molecule has 4 N–H and O–H groups in total. The van der Waals surface area contributed by atoms with E-state index in [4.69, 9.17) is 20.9 Å². The van der Waals surface area contributed by atoms with E-state index in [0.29, 0.717) is 24.6 Å². The van der Waals surface area contributed by atoms with Crippen LogP contribution in [0.3, 0.4) is 0 Å². The van der Waals surface area contributed by atoms with Gasteiger partial charge in [-0.05, 0) is 49.2 Å². The van der Waals surface area contributed by atoms with Crippen LogP contribution in [-0.2, 0) is 0 Å². The Balaban J connectivity index is 1.78. The van der Waals surface area contributed by atoms with Crippen molar-refractivity contribution in [3.8, 4) is 22.6 Å². The molecule has 0 bridgehead atoms. The first-order valence-electron chi connectivity index (χ1n) is 16.7. The maximum Gasteiger partial charge on any atom is 0.127 e. The summed E-state index contributed by atoms with van der Waals surface area (Å²) in [6.45, 7) is 5.98. The van der Waals surface area contributed by atoms with Gasteiger partial charge in [0.1, 0.15) is 11.5 Å². The van der Waals surface area contributed by atoms with Crippen molar-refractivity contribution in [2.45, 2.75) is 142 Å². The van der Waals surface area contributed by atoms with Crippen LogP contribution in [0.5, 0.6) is 11.5 Å². The highest BCUT2D eigenvalue weighted by Gasteiger charge is 2.14. The molecule has 40 heavy (non-hydrogen) atoms. The Morgan fingerprint density at radius 1 is 0.425 bits per heavy atom. The maximum atomic E-state index is 6.27. The van der Waals surface area contributed by atoms with Gasteiger partial charge in [0.25, 0.3) is 0 Å². The van der Waals surface area contributed by atoms with Gasteiger partial charge in [0.05, 0.1) is 13.2 Å². The Hall–Kier alpha value is -2.36. The van der Waals surface area contributed by atoms with Gasteiger partial charge in [-0.1, -0.05) is 129 Å². The minimum Gasteiger partial charge on any atom is -0.493 e. The molecule has 0 radical (unpaired) electrons. The molecule has 0 atom stereocenters. The maximum absolute atomic E-state index is 6.27. The van der Waals surface area contributed by atoms with Crippen molar-refractivity contribution in [3.63, 3.8) is 0 Å². The van der Waals surface area contributed by atoms with Crippen LogP contribution < -0.4 is 20.9 Å². The van der Waals surface area contributed by atoms with Gasteiger partial charge in [0, 0.05) is 22.5 Å². The van der Waals surface area contributed by atoms with Gasteiger partial charge in [-0.25, -0.2) is 0 Å². The van der Waals surface area contributed by atoms with E-state index in [2.05, 4.69) is 13.8 Å². The second-order valence-corrected chi connectivity index (χ2v) is 11.6. The van der Waals surface area contributed by atoms with Crippen LogP contribution in [0.25, 0.3) is 11.1 Å². The topological polar surface area (TPSA) is 70.5 Å². The molecule has 2 aromatic carbocycles. The van der Waals surface area contributed by atoms with Gasteiger partial charge in [-0.3, -0.25) is 0 Å².